The number of benzene rings is 1. The molecule has 0 saturated carbocycles. The van der Waals surface area contributed by atoms with Gasteiger partial charge in [-0.25, -0.2) is 14.4 Å². The van der Waals surface area contributed by atoms with Crippen LogP contribution in [0.5, 0.6) is 0 Å². The molecule has 4 rings (SSSR count). The van der Waals surface area contributed by atoms with Crippen LogP contribution in [0.2, 0.25) is 0 Å². The highest BCUT2D eigenvalue weighted by molar-refractivity contribution is 5.66. The highest BCUT2D eigenvalue weighted by Gasteiger charge is 2.19. The molecule has 5 nitrogen and oxygen atoms in total. The Morgan fingerprint density at radius 3 is 2.46 bits per heavy atom. The van der Waals surface area contributed by atoms with E-state index < -0.39 is 0 Å². The lowest BCUT2D eigenvalue weighted by molar-refractivity contribution is 0.231. The van der Waals surface area contributed by atoms with Gasteiger partial charge in [-0.05, 0) is 47.9 Å². The van der Waals surface area contributed by atoms with Gasteiger partial charge in [-0.1, -0.05) is 13.8 Å². The van der Waals surface area contributed by atoms with Gasteiger partial charge in [-0.2, -0.15) is 0 Å². The molecule has 1 aliphatic rings. The lowest BCUT2D eigenvalue weighted by atomic mass is 10.2. The maximum absolute atomic E-state index is 13.1. The first-order valence-electron chi connectivity index (χ1n) is 9.83. The van der Waals surface area contributed by atoms with E-state index in [1.807, 2.05) is 12.3 Å². The zero-order valence-electron chi connectivity index (χ0n) is 16.4. The predicted octanol–water partition coefficient (Wildman–Crippen LogP) is 4.06. The van der Waals surface area contributed by atoms with Crippen molar-refractivity contribution in [2.45, 2.75) is 13.8 Å². The van der Waals surface area contributed by atoms with Crippen LogP contribution in [0, 0.1) is 11.7 Å². The van der Waals surface area contributed by atoms with Crippen molar-refractivity contribution in [3.8, 4) is 22.6 Å². The molecule has 3 heterocycles. The smallest absolute Gasteiger partial charge is 0.137 e. The minimum absolute atomic E-state index is 0.240. The van der Waals surface area contributed by atoms with Gasteiger partial charge in [-0.15, -0.1) is 0 Å². The highest BCUT2D eigenvalue weighted by atomic mass is 19.1. The number of halogens is 1. The SMILES string of the molecule is CC(C)CN1CCN(c2cc(-c3ncc(-c4ccc(F)cc4)[nH]3)ccn2)CC1. The van der Waals surface area contributed by atoms with E-state index in [0.29, 0.717) is 5.92 Å². The summed E-state index contributed by atoms with van der Waals surface area (Å²) in [6.07, 6.45) is 3.62. The molecule has 1 aliphatic heterocycles. The van der Waals surface area contributed by atoms with Gasteiger partial charge in [0, 0.05) is 44.5 Å². The van der Waals surface area contributed by atoms with Crippen LogP contribution in [-0.4, -0.2) is 52.6 Å². The summed E-state index contributed by atoms with van der Waals surface area (Å²) in [5.74, 6) is 2.24. The molecular weight excluding hydrogens is 353 g/mol. The van der Waals surface area contributed by atoms with Crippen molar-refractivity contribution in [3.05, 3.63) is 54.6 Å². The number of nitrogens with one attached hydrogen (secondary N) is 1. The van der Waals surface area contributed by atoms with Gasteiger partial charge in [0.25, 0.3) is 0 Å². The molecule has 3 aromatic rings. The summed E-state index contributed by atoms with van der Waals surface area (Å²) in [4.78, 5) is 17.3. The Labute approximate surface area is 165 Å². The van der Waals surface area contributed by atoms with Crippen LogP contribution < -0.4 is 4.90 Å². The average Bonchev–Trinajstić information content (AvgIpc) is 3.19. The molecular formula is C22H26FN5. The predicted molar refractivity (Wildman–Crippen MR) is 111 cm³/mol. The summed E-state index contributed by atoms with van der Waals surface area (Å²) in [5.41, 5.74) is 2.79. The van der Waals surface area contributed by atoms with Crippen molar-refractivity contribution >= 4 is 5.82 Å². The molecule has 0 radical (unpaired) electrons. The fourth-order valence-corrected chi connectivity index (χ4v) is 3.66. The van der Waals surface area contributed by atoms with Gasteiger partial charge in [0.05, 0.1) is 11.9 Å². The summed E-state index contributed by atoms with van der Waals surface area (Å²) < 4.78 is 13.1. The third-order valence-electron chi connectivity index (χ3n) is 5.07. The molecule has 6 heteroatoms. The van der Waals surface area contributed by atoms with Crippen LogP contribution in [-0.2, 0) is 0 Å². The normalized spacial score (nSPS) is 15.4. The van der Waals surface area contributed by atoms with Crippen LogP contribution >= 0.6 is 0 Å². The average molecular weight is 379 g/mol. The molecule has 0 bridgehead atoms. The van der Waals surface area contributed by atoms with Crippen molar-refractivity contribution in [3.63, 3.8) is 0 Å². The minimum Gasteiger partial charge on any atom is -0.354 e. The molecule has 1 aromatic carbocycles. The van der Waals surface area contributed by atoms with E-state index in [2.05, 4.69) is 44.7 Å². The van der Waals surface area contributed by atoms with E-state index in [4.69, 9.17) is 0 Å². The number of pyridine rings is 1. The van der Waals surface area contributed by atoms with Crippen molar-refractivity contribution in [1.82, 2.24) is 19.9 Å². The van der Waals surface area contributed by atoms with Crippen molar-refractivity contribution in [2.75, 3.05) is 37.6 Å². The molecule has 0 amide bonds. The highest BCUT2D eigenvalue weighted by Crippen LogP contribution is 2.25. The second-order valence-electron chi connectivity index (χ2n) is 7.74. The van der Waals surface area contributed by atoms with E-state index in [0.717, 1.165) is 61.2 Å². The number of piperazine rings is 1. The van der Waals surface area contributed by atoms with E-state index in [1.165, 1.54) is 12.1 Å². The topological polar surface area (TPSA) is 48.0 Å². The number of hydrogen-bond acceptors (Lipinski definition) is 4. The Morgan fingerprint density at radius 1 is 1.00 bits per heavy atom. The third kappa shape index (κ3) is 4.22. The molecule has 0 spiro atoms. The summed E-state index contributed by atoms with van der Waals surface area (Å²) in [6.45, 7) is 9.80. The first-order valence-corrected chi connectivity index (χ1v) is 9.83. The molecule has 0 atom stereocenters. The van der Waals surface area contributed by atoms with Gasteiger partial charge in [0.2, 0.25) is 0 Å². The molecule has 146 valence electrons. The van der Waals surface area contributed by atoms with Crippen LogP contribution in [0.25, 0.3) is 22.6 Å². The second kappa shape index (κ2) is 8.10. The quantitative estimate of drug-likeness (QED) is 0.726. The largest absolute Gasteiger partial charge is 0.354 e. The number of aromatic nitrogens is 3. The molecule has 2 aromatic heterocycles. The molecule has 0 aliphatic carbocycles. The van der Waals surface area contributed by atoms with Crippen molar-refractivity contribution < 1.29 is 4.39 Å². The zero-order valence-corrected chi connectivity index (χ0v) is 16.4. The van der Waals surface area contributed by atoms with Crippen LogP contribution in [0.15, 0.2) is 48.8 Å². The van der Waals surface area contributed by atoms with Gasteiger partial charge in [0.15, 0.2) is 0 Å². The first-order chi connectivity index (χ1) is 13.6. The van der Waals surface area contributed by atoms with Crippen LogP contribution in [0.3, 0.4) is 0 Å². The van der Waals surface area contributed by atoms with Gasteiger partial charge < -0.3 is 9.88 Å². The summed E-state index contributed by atoms with van der Waals surface area (Å²) >= 11 is 0. The van der Waals surface area contributed by atoms with Gasteiger partial charge in [-0.3, -0.25) is 4.90 Å². The Bertz CT molecular complexity index is 911. The number of anilines is 1. The number of nitrogens with zero attached hydrogens (tertiary/aromatic N) is 4. The molecule has 1 saturated heterocycles. The number of aromatic amines is 1. The summed E-state index contributed by atoms with van der Waals surface area (Å²) in [5, 5.41) is 0. The Balaban J connectivity index is 1.48. The summed E-state index contributed by atoms with van der Waals surface area (Å²) in [6, 6.07) is 10.5. The standard InChI is InChI=1S/C22H26FN5/c1-16(2)15-27-9-11-28(12-10-27)21-13-18(7-8-24-21)22-25-14-20(26-22)17-3-5-19(23)6-4-17/h3-8,13-14,16H,9-12,15H2,1-2H3,(H,25,26). The second-order valence-corrected chi connectivity index (χ2v) is 7.74. The van der Waals surface area contributed by atoms with Crippen LogP contribution in [0.1, 0.15) is 13.8 Å². The monoisotopic (exact) mass is 379 g/mol. The number of rotatable bonds is 5. The Kier molecular flexibility index (Phi) is 5.39. The van der Waals surface area contributed by atoms with Crippen LogP contribution in [0.4, 0.5) is 10.2 Å². The molecule has 0 unspecified atom stereocenters. The number of H-pyrrole nitrogens is 1. The van der Waals surface area contributed by atoms with Gasteiger partial charge >= 0.3 is 0 Å². The molecule has 28 heavy (non-hydrogen) atoms. The molecule has 1 fully saturated rings. The number of hydrogen-bond donors (Lipinski definition) is 1. The fourth-order valence-electron chi connectivity index (χ4n) is 3.66. The minimum atomic E-state index is -0.240. The molecule has 1 N–H and O–H groups in total. The first kappa shape index (κ1) is 18.6. The van der Waals surface area contributed by atoms with E-state index in [1.54, 1.807) is 18.3 Å². The van der Waals surface area contributed by atoms with Gasteiger partial charge in [0.1, 0.15) is 17.5 Å². The third-order valence-corrected chi connectivity index (χ3v) is 5.07. The van der Waals surface area contributed by atoms with E-state index in [9.17, 15) is 4.39 Å². The van der Waals surface area contributed by atoms with E-state index >= 15 is 0 Å². The Hall–Kier alpha value is -2.73. The lowest BCUT2D eigenvalue weighted by Gasteiger charge is -2.36. The fraction of sp³-hybridized carbons (Fsp3) is 0.364. The van der Waals surface area contributed by atoms with Crippen molar-refractivity contribution in [2.24, 2.45) is 5.92 Å². The summed E-state index contributed by atoms with van der Waals surface area (Å²) in [7, 11) is 0. The zero-order chi connectivity index (χ0) is 19.5. The maximum atomic E-state index is 13.1. The Morgan fingerprint density at radius 2 is 1.75 bits per heavy atom. The maximum Gasteiger partial charge on any atom is 0.137 e. The van der Waals surface area contributed by atoms with E-state index in [-0.39, 0.29) is 5.82 Å². The lowest BCUT2D eigenvalue weighted by Crippen LogP contribution is -2.47. The number of imidazole rings is 1. The van der Waals surface area contributed by atoms with Crippen molar-refractivity contribution in [1.29, 1.82) is 0 Å².